The average molecular weight is 343 g/mol. The first-order chi connectivity index (χ1) is 11.7. The van der Waals surface area contributed by atoms with Gasteiger partial charge < -0.3 is 24.4 Å². The van der Waals surface area contributed by atoms with Gasteiger partial charge in [-0.3, -0.25) is 0 Å². The van der Waals surface area contributed by atoms with Crippen molar-refractivity contribution in [2.45, 2.75) is 27.7 Å². The van der Waals surface area contributed by atoms with Crippen LogP contribution in [0.1, 0.15) is 27.7 Å². The minimum atomic E-state index is 0.590. The van der Waals surface area contributed by atoms with Gasteiger partial charge in [-0.25, -0.2) is 0 Å². The van der Waals surface area contributed by atoms with E-state index in [2.05, 4.69) is 34.0 Å². The van der Waals surface area contributed by atoms with E-state index in [1.807, 2.05) is 40.0 Å². The van der Waals surface area contributed by atoms with Crippen LogP contribution in [-0.2, 0) is 9.47 Å². The normalized spacial score (nSPS) is 9.29. The number of ether oxygens (including phenoxy) is 3. The summed E-state index contributed by atoms with van der Waals surface area (Å²) in [5.74, 6) is 0.889. The Balaban J connectivity index is 0. The minimum Gasteiger partial charge on any atom is -0.491 e. The maximum Gasteiger partial charge on any atom is 0.119 e. The molecule has 0 unspecified atom stereocenters. The van der Waals surface area contributed by atoms with Crippen LogP contribution in [0.25, 0.3) is 0 Å². The molecule has 0 radical (unpaired) electrons. The summed E-state index contributed by atoms with van der Waals surface area (Å²) >= 11 is 0. The molecule has 0 aliphatic carbocycles. The molecule has 0 amide bonds. The molecule has 0 aromatic heterocycles. The Bertz CT molecular complexity index is 343. The molecule has 0 aliphatic rings. The van der Waals surface area contributed by atoms with Crippen molar-refractivity contribution in [1.29, 1.82) is 0 Å². The summed E-state index contributed by atoms with van der Waals surface area (Å²) in [5.41, 5.74) is 1.23. The molecule has 1 rings (SSSR count). The van der Waals surface area contributed by atoms with Crippen LogP contribution in [0.15, 0.2) is 24.3 Å². The van der Waals surface area contributed by atoms with Gasteiger partial charge in [0.15, 0.2) is 0 Å². The first-order valence-electron chi connectivity index (χ1n) is 8.83. The Morgan fingerprint density at radius 2 is 1.54 bits per heavy atom. The highest BCUT2D eigenvalue weighted by molar-refractivity contribution is 5.48. The van der Waals surface area contributed by atoms with E-state index in [1.165, 1.54) is 5.69 Å². The second kappa shape index (κ2) is 19.7. The number of nitrogens with one attached hydrogen (secondary N) is 1. The van der Waals surface area contributed by atoms with Crippen molar-refractivity contribution in [1.82, 2.24) is 5.32 Å². The summed E-state index contributed by atoms with van der Waals surface area (Å²) in [4.78, 5) is 2.33. The summed E-state index contributed by atoms with van der Waals surface area (Å²) in [5, 5.41) is 3.17. The van der Waals surface area contributed by atoms with E-state index < -0.39 is 0 Å². The molecule has 0 spiro atoms. The number of nitrogens with zero attached hydrogens (tertiary/aromatic N) is 1. The number of hydrogen-bond donors (Lipinski definition) is 1. The van der Waals surface area contributed by atoms with E-state index in [-0.39, 0.29) is 0 Å². The Morgan fingerprint density at radius 1 is 0.958 bits per heavy atom. The van der Waals surface area contributed by atoms with Crippen LogP contribution in [0.4, 0.5) is 5.69 Å². The molecule has 0 saturated carbocycles. The van der Waals surface area contributed by atoms with Crippen molar-refractivity contribution in [2.75, 3.05) is 65.6 Å². The van der Waals surface area contributed by atoms with Gasteiger partial charge in [0.1, 0.15) is 12.4 Å². The summed E-state index contributed by atoms with van der Waals surface area (Å²) in [6, 6.07) is 8.21. The third-order valence-corrected chi connectivity index (χ3v) is 3.06. The van der Waals surface area contributed by atoms with Gasteiger partial charge in [-0.2, -0.15) is 0 Å². The maximum atomic E-state index is 5.54. The Hall–Kier alpha value is -1.30. The van der Waals surface area contributed by atoms with Crippen molar-refractivity contribution in [3.63, 3.8) is 0 Å². The Labute approximate surface area is 149 Å². The number of methoxy groups -OCH3 is 2. The summed E-state index contributed by atoms with van der Waals surface area (Å²) in [7, 11) is 5.33. The number of benzene rings is 1. The zero-order valence-electron chi connectivity index (χ0n) is 16.7. The predicted molar refractivity (Wildman–Crippen MR) is 105 cm³/mol. The zero-order valence-corrected chi connectivity index (χ0v) is 16.7. The molecule has 0 saturated heterocycles. The number of anilines is 1. The molecule has 1 aromatic rings. The summed E-state index contributed by atoms with van der Waals surface area (Å²) in [6.07, 6.45) is 0. The van der Waals surface area contributed by atoms with Crippen LogP contribution in [-0.4, -0.2) is 60.7 Å². The predicted octanol–water partition coefficient (Wildman–Crippen LogP) is 3.44. The van der Waals surface area contributed by atoms with E-state index in [0.717, 1.165) is 32.0 Å². The van der Waals surface area contributed by atoms with Crippen LogP contribution in [0.3, 0.4) is 0 Å². The van der Waals surface area contributed by atoms with Crippen molar-refractivity contribution in [3.8, 4) is 5.75 Å². The molecule has 5 nitrogen and oxygen atoms in total. The molecular weight excluding hydrogens is 304 g/mol. The molecule has 142 valence electrons. The van der Waals surface area contributed by atoms with Crippen LogP contribution >= 0.6 is 0 Å². The van der Waals surface area contributed by atoms with E-state index in [0.29, 0.717) is 13.2 Å². The second-order valence-electron chi connectivity index (χ2n) is 4.60. The second-order valence-corrected chi connectivity index (χ2v) is 4.60. The number of hydrogen-bond acceptors (Lipinski definition) is 5. The minimum absolute atomic E-state index is 0.590. The van der Waals surface area contributed by atoms with E-state index in [4.69, 9.17) is 9.47 Å². The molecule has 0 heterocycles. The van der Waals surface area contributed by atoms with Crippen molar-refractivity contribution < 1.29 is 14.2 Å². The highest BCUT2D eigenvalue weighted by Gasteiger charge is 2.03. The summed E-state index contributed by atoms with van der Waals surface area (Å²) < 4.78 is 15.0. The highest BCUT2D eigenvalue weighted by atomic mass is 16.5. The average Bonchev–Trinajstić information content (AvgIpc) is 2.65. The van der Waals surface area contributed by atoms with Crippen LogP contribution in [0.2, 0.25) is 0 Å². The molecule has 0 atom stereocenters. The molecule has 0 bridgehead atoms. The molecule has 1 N–H and O–H groups in total. The van der Waals surface area contributed by atoms with E-state index >= 15 is 0 Å². The van der Waals surface area contributed by atoms with Gasteiger partial charge in [-0.1, -0.05) is 13.8 Å². The van der Waals surface area contributed by atoms with Crippen molar-refractivity contribution in [3.05, 3.63) is 24.3 Å². The van der Waals surface area contributed by atoms with Gasteiger partial charge in [0.2, 0.25) is 0 Å². The van der Waals surface area contributed by atoms with E-state index in [1.54, 1.807) is 14.2 Å². The SMILES string of the molecule is CC.CCN(CCNC)c1ccc(OCCOC)cc1.CCOC. The fourth-order valence-electron chi connectivity index (χ4n) is 1.71. The third kappa shape index (κ3) is 13.2. The first-order valence-corrected chi connectivity index (χ1v) is 8.83. The van der Waals surface area contributed by atoms with Gasteiger partial charge in [0.05, 0.1) is 6.61 Å². The van der Waals surface area contributed by atoms with Gasteiger partial charge in [0.25, 0.3) is 0 Å². The topological polar surface area (TPSA) is 43.0 Å². The lowest BCUT2D eigenvalue weighted by molar-refractivity contribution is 0.146. The quantitative estimate of drug-likeness (QED) is 0.660. The Kier molecular flexibility index (Phi) is 20.5. The standard InChI is InChI=1S/C14H24N2O2.C3H8O.C2H6/c1-4-16(10-9-15-2)13-5-7-14(8-6-13)18-12-11-17-3;1-3-4-2;1-2/h5-8,15H,4,9-12H2,1-3H3;3H2,1-2H3;1-2H3. The van der Waals surface area contributed by atoms with Gasteiger partial charge in [-0.05, 0) is 45.2 Å². The third-order valence-electron chi connectivity index (χ3n) is 3.06. The largest absolute Gasteiger partial charge is 0.491 e. The van der Waals surface area contributed by atoms with Gasteiger partial charge >= 0.3 is 0 Å². The highest BCUT2D eigenvalue weighted by Crippen LogP contribution is 2.19. The lowest BCUT2D eigenvalue weighted by atomic mass is 10.2. The Morgan fingerprint density at radius 3 is 1.96 bits per heavy atom. The van der Waals surface area contributed by atoms with Crippen LogP contribution in [0, 0.1) is 0 Å². The zero-order chi connectivity index (χ0) is 18.6. The van der Waals surface area contributed by atoms with Gasteiger partial charge in [0, 0.05) is 46.1 Å². The fourth-order valence-corrected chi connectivity index (χ4v) is 1.71. The monoisotopic (exact) mass is 342 g/mol. The van der Waals surface area contributed by atoms with E-state index in [9.17, 15) is 0 Å². The lowest BCUT2D eigenvalue weighted by Gasteiger charge is -2.23. The number of likely N-dealkylation sites (N-methyl/N-ethyl adjacent to an activating group) is 2. The summed E-state index contributed by atoms with van der Waals surface area (Å²) in [6.45, 7) is 13.2. The lowest BCUT2D eigenvalue weighted by Crippen LogP contribution is -2.30. The first kappa shape index (κ1) is 24.9. The molecule has 24 heavy (non-hydrogen) atoms. The molecular formula is C19H38N2O3. The smallest absolute Gasteiger partial charge is 0.119 e. The molecule has 0 fully saturated rings. The molecule has 5 heteroatoms. The van der Waals surface area contributed by atoms with Crippen LogP contribution < -0.4 is 15.0 Å². The molecule has 0 aliphatic heterocycles. The fraction of sp³-hybridized carbons (Fsp3) is 0.684. The van der Waals surface area contributed by atoms with Gasteiger partial charge in [-0.15, -0.1) is 0 Å². The maximum absolute atomic E-state index is 5.54. The number of rotatable bonds is 10. The molecule has 1 aromatic carbocycles. The van der Waals surface area contributed by atoms with Crippen LogP contribution in [0.5, 0.6) is 5.75 Å². The van der Waals surface area contributed by atoms with Crippen molar-refractivity contribution in [2.24, 2.45) is 0 Å². The van der Waals surface area contributed by atoms with Crippen molar-refractivity contribution >= 4 is 5.69 Å².